The van der Waals surface area contributed by atoms with Gasteiger partial charge in [0.2, 0.25) is 10.2 Å². The first-order valence-corrected chi connectivity index (χ1v) is 10.9. The number of hydrogen-bond acceptors (Lipinski definition) is 7. The predicted octanol–water partition coefficient (Wildman–Crippen LogP) is 3.64. The Balaban J connectivity index is 1.69. The first-order valence-electron chi connectivity index (χ1n) is 8.72. The summed E-state index contributed by atoms with van der Waals surface area (Å²) in [5.41, 5.74) is -0.277. The van der Waals surface area contributed by atoms with E-state index < -0.39 is 33.1 Å². The molecule has 0 atom stereocenters. The maximum absolute atomic E-state index is 12.9. The summed E-state index contributed by atoms with van der Waals surface area (Å²) >= 11 is 0.134. The molecule has 164 valence electrons. The Morgan fingerprint density at radius 3 is 2.41 bits per heavy atom. The van der Waals surface area contributed by atoms with Crippen LogP contribution in [0, 0.1) is 5.41 Å². The normalized spacial score (nSPS) is 17.8. The number of benzene rings is 2. The number of para-hydroxylation sites is 1. The van der Waals surface area contributed by atoms with E-state index in [1.54, 1.807) is 6.07 Å². The van der Waals surface area contributed by atoms with Gasteiger partial charge < -0.3 is 4.18 Å². The highest BCUT2D eigenvalue weighted by atomic mass is 32.2. The van der Waals surface area contributed by atoms with Crippen LogP contribution in [-0.2, 0) is 14.9 Å². The summed E-state index contributed by atoms with van der Waals surface area (Å²) in [7, 11) is -4.20. The van der Waals surface area contributed by atoms with Crippen LogP contribution >= 0.6 is 11.8 Å². The van der Waals surface area contributed by atoms with Gasteiger partial charge in [-0.3, -0.25) is 10.2 Å². The van der Waals surface area contributed by atoms with Gasteiger partial charge in [0.15, 0.2) is 5.84 Å². The van der Waals surface area contributed by atoms with Gasteiger partial charge in [-0.1, -0.05) is 36.4 Å². The maximum atomic E-state index is 12.9. The number of carbonyl (C=O) groups is 1. The Bertz CT molecular complexity index is 1320. The number of hydrogen-bond donors (Lipinski definition) is 1. The summed E-state index contributed by atoms with van der Waals surface area (Å²) in [5.74, 6) is -1.74. The second-order valence-corrected chi connectivity index (χ2v) is 8.81. The number of carbonyl (C=O) groups excluding carboxylic acids is 1. The minimum atomic E-state index is -4.76. The molecule has 0 aliphatic carbocycles. The third kappa shape index (κ3) is 4.16. The van der Waals surface area contributed by atoms with E-state index in [1.807, 2.05) is 0 Å². The van der Waals surface area contributed by atoms with Crippen molar-refractivity contribution in [1.82, 2.24) is 5.01 Å². The van der Waals surface area contributed by atoms with Crippen LogP contribution in [0.1, 0.15) is 5.56 Å². The van der Waals surface area contributed by atoms with Crippen LogP contribution in [0.4, 0.5) is 13.2 Å². The van der Waals surface area contributed by atoms with Crippen LogP contribution in [0.15, 0.2) is 75.2 Å². The minimum absolute atomic E-state index is 0.0960. The number of fused-ring (bicyclic) bond motifs is 1. The SMILES string of the molecule is N=C1/C(=C\c2ccccc2OS(=O)(=O)c2ccccc2)C(=O)N=C2SC(C(F)(F)F)=NN12. The first-order chi connectivity index (χ1) is 15.1. The molecule has 0 aromatic heterocycles. The minimum Gasteiger partial charge on any atom is -0.378 e. The van der Waals surface area contributed by atoms with Crippen molar-refractivity contribution in [3.05, 3.63) is 65.7 Å². The number of amides is 1. The monoisotopic (exact) mass is 480 g/mol. The number of aliphatic imine (C=N–C) groups is 1. The zero-order valence-electron chi connectivity index (χ0n) is 15.7. The summed E-state index contributed by atoms with van der Waals surface area (Å²) in [4.78, 5) is 15.9. The molecule has 1 N–H and O–H groups in total. The number of halogens is 3. The third-order valence-electron chi connectivity index (χ3n) is 4.15. The topological polar surface area (TPSA) is 112 Å². The molecular formula is C19H11F3N4O4S2. The number of nitrogens with one attached hydrogen (secondary N) is 1. The second-order valence-electron chi connectivity index (χ2n) is 6.31. The van der Waals surface area contributed by atoms with Crippen LogP contribution in [0.2, 0.25) is 0 Å². The Kier molecular flexibility index (Phi) is 5.38. The van der Waals surface area contributed by atoms with Crippen LogP contribution in [0.5, 0.6) is 5.75 Å². The molecule has 13 heteroatoms. The van der Waals surface area contributed by atoms with Gasteiger partial charge in [-0.2, -0.15) is 36.7 Å². The van der Waals surface area contributed by atoms with Gasteiger partial charge in [-0.15, -0.1) is 0 Å². The number of rotatable bonds is 4. The van der Waals surface area contributed by atoms with Gasteiger partial charge in [0.1, 0.15) is 10.6 Å². The van der Waals surface area contributed by atoms with E-state index in [4.69, 9.17) is 9.59 Å². The summed E-state index contributed by atoms with van der Waals surface area (Å²) in [6.07, 6.45) is -3.64. The molecular weight excluding hydrogens is 469 g/mol. The van der Waals surface area contributed by atoms with Crippen molar-refractivity contribution in [2.45, 2.75) is 11.1 Å². The van der Waals surface area contributed by atoms with Crippen LogP contribution in [0.25, 0.3) is 6.08 Å². The quantitative estimate of drug-likeness (QED) is 0.528. The zero-order chi connectivity index (χ0) is 23.1. The van der Waals surface area contributed by atoms with E-state index in [-0.39, 0.29) is 38.7 Å². The van der Waals surface area contributed by atoms with Gasteiger partial charge in [0.25, 0.3) is 5.91 Å². The van der Waals surface area contributed by atoms with Crippen molar-refractivity contribution in [2.75, 3.05) is 0 Å². The van der Waals surface area contributed by atoms with Crippen molar-refractivity contribution in [3.63, 3.8) is 0 Å². The Morgan fingerprint density at radius 2 is 1.72 bits per heavy atom. The molecule has 0 radical (unpaired) electrons. The lowest BCUT2D eigenvalue weighted by Gasteiger charge is -2.20. The van der Waals surface area contributed by atoms with E-state index in [9.17, 15) is 26.4 Å². The smallest absolute Gasteiger partial charge is 0.378 e. The molecule has 2 aliphatic heterocycles. The lowest BCUT2D eigenvalue weighted by molar-refractivity contribution is -0.114. The third-order valence-corrected chi connectivity index (χ3v) is 6.35. The molecule has 2 aliphatic rings. The number of hydrazone groups is 1. The van der Waals surface area contributed by atoms with Crippen molar-refractivity contribution in [2.24, 2.45) is 10.1 Å². The molecule has 0 spiro atoms. The highest BCUT2D eigenvalue weighted by Crippen LogP contribution is 2.35. The van der Waals surface area contributed by atoms with Crippen LogP contribution in [0.3, 0.4) is 0 Å². The number of nitrogens with zero attached hydrogens (tertiary/aromatic N) is 3. The highest BCUT2D eigenvalue weighted by molar-refractivity contribution is 8.27. The summed E-state index contributed by atoms with van der Waals surface area (Å²) in [5, 5.41) is 10.4. The fraction of sp³-hybridized carbons (Fsp3) is 0.0526. The molecule has 0 saturated heterocycles. The van der Waals surface area contributed by atoms with Gasteiger partial charge in [-0.05, 0) is 36.0 Å². The molecule has 0 unspecified atom stereocenters. The van der Waals surface area contributed by atoms with Gasteiger partial charge in [0, 0.05) is 5.56 Å². The largest absolute Gasteiger partial charge is 0.441 e. The molecule has 0 saturated carbocycles. The summed E-state index contributed by atoms with van der Waals surface area (Å²) in [6, 6.07) is 13.1. The first kappa shape index (κ1) is 21.8. The number of thioether (sulfide) groups is 1. The molecule has 4 rings (SSSR count). The van der Waals surface area contributed by atoms with Crippen molar-refractivity contribution in [1.29, 1.82) is 5.41 Å². The van der Waals surface area contributed by atoms with Crippen molar-refractivity contribution in [3.8, 4) is 5.75 Å². The molecule has 2 aromatic rings. The Morgan fingerprint density at radius 1 is 1.06 bits per heavy atom. The Hall–Kier alpha value is -3.45. The molecule has 2 heterocycles. The van der Waals surface area contributed by atoms with Gasteiger partial charge in [0.05, 0.1) is 5.57 Å². The molecule has 32 heavy (non-hydrogen) atoms. The molecule has 8 nitrogen and oxygen atoms in total. The van der Waals surface area contributed by atoms with E-state index in [2.05, 4.69) is 10.1 Å². The zero-order valence-corrected chi connectivity index (χ0v) is 17.3. The summed E-state index contributed by atoms with van der Waals surface area (Å²) in [6.45, 7) is 0. The van der Waals surface area contributed by atoms with Crippen LogP contribution in [-0.4, -0.2) is 41.6 Å². The predicted molar refractivity (Wildman–Crippen MR) is 112 cm³/mol. The molecule has 1 amide bonds. The van der Waals surface area contributed by atoms with E-state index in [0.29, 0.717) is 5.01 Å². The van der Waals surface area contributed by atoms with Crippen molar-refractivity contribution < 1.29 is 30.6 Å². The van der Waals surface area contributed by atoms with Crippen molar-refractivity contribution >= 4 is 49.9 Å². The maximum Gasteiger partial charge on any atom is 0.441 e. The highest BCUT2D eigenvalue weighted by Gasteiger charge is 2.46. The fourth-order valence-electron chi connectivity index (χ4n) is 2.69. The molecule has 0 fully saturated rings. The average Bonchev–Trinajstić information content (AvgIpc) is 3.17. The molecule has 2 aromatic carbocycles. The van der Waals surface area contributed by atoms with E-state index in [1.165, 1.54) is 48.5 Å². The summed E-state index contributed by atoms with van der Waals surface area (Å²) < 4.78 is 69.1. The van der Waals surface area contributed by atoms with E-state index in [0.717, 1.165) is 6.08 Å². The van der Waals surface area contributed by atoms with Gasteiger partial charge in [-0.25, -0.2) is 0 Å². The Labute approximate surface area is 183 Å². The number of amidine groups is 2. The second kappa shape index (κ2) is 7.91. The van der Waals surface area contributed by atoms with Crippen LogP contribution < -0.4 is 4.18 Å². The molecule has 0 bridgehead atoms. The van der Waals surface area contributed by atoms with Gasteiger partial charge >= 0.3 is 16.3 Å². The standard InChI is InChI=1S/C19H11F3N4O4S2/c20-19(21,22)17-25-26-15(23)13(16(27)24-18(26)31-17)10-11-6-4-5-9-14(11)30-32(28,29)12-7-2-1-3-8-12/h1-10,23H/b13-10+,23-15?. The fourth-order valence-corrected chi connectivity index (χ4v) is 4.42. The van der Waals surface area contributed by atoms with E-state index >= 15 is 0 Å². The lowest BCUT2D eigenvalue weighted by Crippen LogP contribution is -2.35. The lowest BCUT2D eigenvalue weighted by atomic mass is 10.1. The average molecular weight is 480 g/mol. The number of alkyl halides is 3.